The third kappa shape index (κ3) is 38.1. The molecule has 0 aromatic carbocycles. The number of aliphatic hydroxyl groups excluding tert-OH is 2. The highest BCUT2D eigenvalue weighted by Crippen LogP contribution is 2.13. The van der Waals surface area contributed by atoms with Crippen LogP contribution in [0.4, 0.5) is 0 Å². The molecule has 4 N–H and O–H groups in total. The van der Waals surface area contributed by atoms with Gasteiger partial charge in [0, 0.05) is 26.1 Å². The van der Waals surface area contributed by atoms with Crippen LogP contribution in [0.15, 0.2) is 0 Å². The molecule has 34 heavy (non-hydrogen) atoms. The molecule has 0 atom stereocenters. The van der Waals surface area contributed by atoms with Crippen LogP contribution < -0.4 is 0 Å². The Morgan fingerprint density at radius 2 is 0.500 bits per heavy atom. The van der Waals surface area contributed by atoms with Gasteiger partial charge in [0.15, 0.2) is 0 Å². The Hall–Kier alpha value is -1.14. The zero-order valence-electron chi connectivity index (χ0n) is 22.0. The normalized spacial score (nSPS) is 10.6. The minimum absolute atomic E-state index is 0.324. The first-order chi connectivity index (χ1) is 16.5. The van der Waals surface area contributed by atoms with E-state index in [9.17, 15) is 9.59 Å². The first-order valence-corrected chi connectivity index (χ1v) is 14.2. The van der Waals surface area contributed by atoms with Gasteiger partial charge < -0.3 is 20.4 Å². The predicted octanol–water partition coefficient (Wildman–Crippen LogP) is 7.49. The zero-order valence-corrected chi connectivity index (χ0v) is 22.0. The first-order valence-electron chi connectivity index (χ1n) is 14.2. The number of carbonyl (C=O) groups is 2. The highest BCUT2D eigenvalue weighted by Gasteiger charge is 1.98. The van der Waals surface area contributed by atoms with Gasteiger partial charge in [-0.2, -0.15) is 0 Å². The number of rotatable bonds is 26. The SMILES string of the molecule is O=C(O)CCCCCCCCCCCCCO.O=C(O)CCCCCCCCCCCCCO. The summed E-state index contributed by atoms with van der Waals surface area (Å²) in [5.74, 6) is -1.35. The fourth-order valence-electron chi connectivity index (χ4n) is 3.96. The van der Waals surface area contributed by atoms with Crippen molar-refractivity contribution in [3.05, 3.63) is 0 Å². The van der Waals surface area contributed by atoms with Crippen molar-refractivity contribution < 1.29 is 30.0 Å². The van der Waals surface area contributed by atoms with Gasteiger partial charge in [-0.25, -0.2) is 0 Å². The number of unbranched alkanes of at least 4 members (excludes halogenated alkanes) is 20. The van der Waals surface area contributed by atoms with Gasteiger partial charge in [0.2, 0.25) is 0 Å². The van der Waals surface area contributed by atoms with Gasteiger partial charge in [-0.05, 0) is 25.7 Å². The van der Waals surface area contributed by atoms with Gasteiger partial charge in [0.1, 0.15) is 0 Å². The lowest BCUT2D eigenvalue weighted by atomic mass is 10.1. The second-order valence-electron chi connectivity index (χ2n) is 9.51. The molecule has 6 heteroatoms. The van der Waals surface area contributed by atoms with Crippen molar-refractivity contribution in [1.82, 2.24) is 0 Å². The average molecular weight is 489 g/mol. The summed E-state index contributed by atoms with van der Waals surface area (Å²) in [7, 11) is 0. The summed E-state index contributed by atoms with van der Waals surface area (Å²) >= 11 is 0. The molecule has 0 aliphatic heterocycles. The molecule has 0 saturated carbocycles. The maximum atomic E-state index is 10.3. The van der Waals surface area contributed by atoms with Gasteiger partial charge in [0.25, 0.3) is 0 Å². The van der Waals surface area contributed by atoms with Crippen molar-refractivity contribution in [3.8, 4) is 0 Å². The summed E-state index contributed by atoms with van der Waals surface area (Å²) in [5, 5.41) is 34.1. The van der Waals surface area contributed by atoms with E-state index >= 15 is 0 Å². The molecule has 0 amide bonds. The number of carboxylic acids is 2. The second-order valence-corrected chi connectivity index (χ2v) is 9.51. The number of carboxylic acid groups (broad SMARTS) is 2. The van der Waals surface area contributed by atoms with E-state index in [0.29, 0.717) is 26.1 Å². The molecule has 204 valence electrons. The minimum Gasteiger partial charge on any atom is -0.481 e. The molecule has 0 aromatic heterocycles. The Kier molecular flexibility index (Phi) is 32.8. The fraction of sp³-hybridized carbons (Fsp3) is 0.929. The highest BCUT2D eigenvalue weighted by atomic mass is 16.4. The van der Waals surface area contributed by atoms with Crippen molar-refractivity contribution in [2.45, 2.75) is 154 Å². The summed E-state index contributed by atoms with van der Waals surface area (Å²) in [6.45, 7) is 0.659. The van der Waals surface area contributed by atoms with Crippen LogP contribution in [0.5, 0.6) is 0 Å². The lowest BCUT2D eigenvalue weighted by Crippen LogP contribution is -1.93. The number of aliphatic hydroxyl groups is 2. The van der Waals surface area contributed by atoms with Crippen molar-refractivity contribution in [2.75, 3.05) is 13.2 Å². The van der Waals surface area contributed by atoms with Crippen molar-refractivity contribution >= 4 is 11.9 Å². The van der Waals surface area contributed by atoms with E-state index in [1.54, 1.807) is 0 Å². The minimum atomic E-state index is -0.673. The van der Waals surface area contributed by atoms with E-state index in [0.717, 1.165) is 51.4 Å². The summed E-state index contributed by atoms with van der Waals surface area (Å²) < 4.78 is 0. The Balaban J connectivity index is 0. The van der Waals surface area contributed by atoms with E-state index < -0.39 is 11.9 Å². The smallest absolute Gasteiger partial charge is 0.303 e. The molecule has 0 radical (unpaired) electrons. The predicted molar refractivity (Wildman–Crippen MR) is 140 cm³/mol. The van der Waals surface area contributed by atoms with Gasteiger partial charge in [-0.1, -0.05) is 116 Å². The number of aliphatic carboxylic acids is 2. The van der Waals surface area contributed by atoms with Gasteiger partial charge in [0.05, 0.1) is 0 Å². The van der Waals surface area contributed by atoms with Crippen LogP contribution in [0.2, 0.25) is 0 Å². The molecule has 0 aromatic rings. The number of hydrogen-bond acceptors (Lipinski definition) is 4. The van der Waals surface area contributed by atoms with Gasteiger partial charge in [-0.3, -0.25) is 9.59 Å². The van der Waals surface area contributed by atoms with Crippen molar-refractivity contribution in [2.24, 2.45) is 0 Å². The highest BCUT2D eigenvalue weighted by molar-refractivity contribution is 5.66. The number of hydrogen-bond donors (Lipinski definition) is 4. The van der Waals surface area contributed by atoms with Crippen LogP contribution in [-0.4, -0.2) is 45.6 Å². The summed E-state index contributed by atoms with van der Waals surface area (Å²) in [4.78, 5) is 20.5. The molecule has 0 bridgehead atoms. The van der Waals surface area contributed by atoms with Crippen molar-refractivity contribution in [1.29, 1.82) is 0 Å². The Bertz CT molecular complexity index is 376. The molecular formula is C28H56O6. The van der Waals surface area contributed by atoms with Crippen LogP contribution in [0.1, 0.15) is 154 Å². The van der Waals surface area contributed by atoms with E-state index in [2.05, 4.69) is 0 Å². The third-order valence-corrected chi connectivity index (χ3v) is 6.10. The molecule has 0 aliphatic rings. The van der Waals surface area contributed by atoms with Crippen LogP contribution in [0.25, 0.3) is 0 Å². The van der Waals surface area contributed by atoms with Crippen LogP contribution in [0, 0.1) is 0 Å². The third-order valence-electron chi connectivity index (χ3n) is 6.10. The van der Waals surface area contributed by atoms with Crippen LogP contribution in [-0.2, 0) is 9.59 Å². The Labute approximate surface area is 209 Å². The van der Waals surface area contributed by atoms with E-state index in [-0.39, 0.29) is 0 Å². The maximum Gasteiger partial charge on any atom is 0.303 e. The fourth-order valence-corrected chi connectivity index (χ4v) is 3.96. The quantitative estimate of drug-likeness (QED) is 0.0937. The molecule has 0 rings (SSSR count). The molecular weight excluding hydrogens is 432 g/mol. The molecule has 0 unspecified atom stereocenters. The Morgan fingerprint density at radius 3 is 0.676 bits per heavy atom. The molecule has 0 fully saturated rings. The molecule has 0 spiro atoms. The average Bonchev–Trinajstić information content (AvgIpc) is 2.80. The zero-order chi connectivity index (χ0) is 25.5. The lowest BCUT2D eigenvalue weighted by molar-refractivity contribution is -0.138. The summed E-state index contributed by atoms with van der Waals surface area (Å²) in [6.07, 6.45) is 26.4. The summed E-state index contributed by atoms with van der Waals surface area (Å²) in [5.41, 5.74) is 0. The maximum absolute atomic E-state index is 10.3. The summed E-state index contributed by atoms with van der Waals surface area (Å²) in [6, 6.07) is 0. The first kappa shape index (κ1) is 35.0. The van der Waals surface area contributed by atoms with Crippen LogP contribution >= 0.6 is 0 Å². The molecule has 6 nitrogen and oxygen atoms in total. The second kappa shape index (κ2) is 31.9. The van der Waals surface area contributed by atoms with Crippen LogP contribution in [0.3, 0.4) is 0 Å². The molecule has 0 aliphatic carbocycles. The van der Waals surface area contributed by atoms with E-state index in [4.69, 9.17) is 20.4 Å². The monoisotopic (exact) mass is 488 g/mol. The van der Waals surface area contributed by atoms with Gasteiger partial charge >= 0.3 is 11.9 Å². The topological polar surface area (TPSA) is 115 Å². The lowest BCUT2D eigenvalue weighted by Gasteiger charge is -2.02. The van der Waals surface area contributed by atoms with Gasteiger partial charge in [-0.15, -0.1) is 0 Å². The standard InChI is InChI=1S/2C14H28O3/c2*15-13-11-9-7-5-3-1-2-4-6-8-10-12-14(16)17/h2*15H,1-13H2,(H,16,17). The molecule has 0 saturated heterocycles. The van der Waals surface area contributed by atoms with E-state index in [1.165, 1.54) is 89.9 Å². The Morgan fingerprint density at radius 1 is 0.324 bits per heavy atom. The largest absolute Gasteiger partial charge is 0.481 e. The molecule has 0 heterocycles. The van der Waals surface area contributed by atoms with E-state index in [1.807, 2.05) is 0 Å². The van der Waals surface area contributed by atoms with Crippen molar-refractivity contribution in [3.63, 3.8) is 0 Å².